The summed E-state index contributed by atoms with van der Waals surface area (Å²) in [5.74, 6) is -1.38. The van der Waals surface area contributed by atoms with E-state index in [1.807, 2.05) is 13.0 Å². The van der Waals surface area contributed by atoms with E-state index in [0.29, 0.717) is 37.7 Å². The van der Waals surface area contributed by atoms with Gasteiger partial charge in [0.2, 0.25) is 0 Å². The van der Waals surface area contributed by atoms with Crippen LogP contribution in [0.3, 0.4) is 0 Å². The largest absolute Gasteiger partial charge is 0.495 e. The van der Waals surface area contributed by atoms with Gasteiger partial charge in [-0.3, -0.25) is 14.5 Å². The third-order valence-electron chi connectivity index (χ3n) is 5.01. The second kappa shape index (κ2) is 10.2. The third kappa shape index (κ3) is 5.55. The maximum atomic E-state index is 13.3. The topological polar surface area (TPSA) is 79.9 Å². The zero-order chi connectivity index (χ0) is 21.5. The van der Waals surface area contributed by atoms with Crippen LogP contribution in [-0.4, -0.2) is 56.7 Å². The van der Waals surface area contributed by atoms with Crippen LogP contribution in [0.2, 0.25) is 0 Å². The molecule has 2 amide bonds. The summed E-state index contributed by atoms with van der Waals surface area (Å²) in [6.07, 6.45) is 0. The van der Waals surface area contributed by atoms with Crippen LogP contribution in [0, 0.1) is 12.7 Å². The molecule has 8 heteroatoms. The van der Waals surface area contributed by atoms with E-state index in [1.165, 1.54) is 19.2 Å². The lowest BCUT2D eigenvalue weighted by atomic mass is 10.0. The normalized spacial score (nSPS) is 15.3. The number of rotatable bonds is 6. The molecule has 1 atom stereocenters. The molecule has 0 saturated carbocycles. The first kappa shape index (κ1) is 21.7. The fraction of sp³-hybridized carbons (Fsp3) is 0.364. The summed E-state index contributed by atoms with van der Waals surface area (Å²) in [4.78, 5) is 27.0. The number of carbonyl (C=O) groups is 2. The highest BCUT2D eigenvalue weighted by Crippen LogP contribution is 2.25. The second-order valence-corrected chi connectivity index (χ2v) is 7.08. The summed E-state index contributed by atoms with van der Waals surface area (Å²) in [6.45, 7) is 4.63. The first-order valence-corrected chi connectivity index (χ1v) is 9.79. The molecule has 0 aliphatic carbocycles. The Morgan fingerprint density at radius 3 is 2.50 bits per heavy atom. The van der Waals surface area contributed by atoms with Crippen LogP contribution in [0.25, 0.3) is 0 Å². The molecule has 0 aromatic heterocycles. The minimum absolute atomic E-state index is 0.195. The quantitative estimate of drug-likeness (QED) is 0.708. The van der Waals surface area contributed by atoms with Gasteiger partial charge in [-0.25, -0.2) is 4.39 Å². The number of carbonyl (C=O) groups excluding carboxylic acids is 2. The van der Waals surface area contributed by atoms with Crippen LogP contribution in [0.4, 0.5) is 10.1 Å². The Kier molecular flexibility index (Phi) is 7.37. The number of benzene rings is 2. The van der Waals surface area contributed by atoms with Crippen molar-refractivity contribution in [2.75, 3.05) is 45.3 Å². The van der Waals surface area contributed by atoms with E-state index in [2.05, 4.69) is 15.5 Å². The highest BCUT2D eigenvalue weighted by molar-refractivity contribution is 6.39. The molecule has 7 nitrogen and oxygen atoms in total. The molecule has 2 N–H and O–H groups in total. The number of aryl methyl sites for hydroxylation is 1. The van der Waals surface area contributed by atoms with Crippen LogP contribution < -0.4 is 15.4 Å². The molecule has 0 spiro atoms. The van der Waals surface area contributed by atoms with Crippen molar-refractivity contribution in [1.29, 1.82) is 0 Å². The Morgan fingerprint density at radius 1 is 1.13 bits per heavy atom. The van der Waals surface area contributed by atoms with Gasteiger partial charge in [0, 0.05) is 19.6 Å². The van der Waals surface area contributed by atoms with Gasteiger partial charge < -0.3 is 20.1 Å². The van der Waals surface area contributed by atoms with Crippen molar-refractivity contribution >= 4 is 17.5 Å². The van der Waals surface area contributed by atoms with Gasteiger partial charge in [0.25, 0.3) is 0 Å². The van der Waals surface area contributed by atoms with E-state index in [0.717, 1.165) is 11.1 Å². The average molecular weight is 415 g/mol. The van der Waals surface area contributed by atoms with Crippen LogP contribution >= 0.6 is 0 Å². The molecule has 0 bridgehead atoms. The molecule has 1 saturated heterocycles. The first-order chi connectivity index (χ1) is 14.5. The van der Waals surface area contributed by atoms with E-state index in [9.17, 15) is 14.0 Å². The molecule has 1 heterocycles. The third-order valence-corrected chi connectivity index (χ3v) is 5.01. The number of nitrogens with zero attached hydrogens (tertiary/aromatic N) is 1. The molecule has 30 heavy (non-hydrogen) atoms. The van der Waals surface area contributed by atoms with Gasteiger partial charge in [-0.1, -0.05) is 18.2 Å². The van der Waals surface area contributed by atoms with Crippen molar-refractivity contribution in [3.8, 4) is 5.75 Å². The van der Waals surface area contributed by atoms with Crippen LogP contribution in [0.5, 0.6) is 5.75 Å². The van der Waals surface area contributed by atoms with Gasteiger partial charge in [0.1, 0.15) is 11.6 Å². The summed E-state index contributed by atoms with van der Waals surface area (Å²) in [5.41, 5.74) is 2.22. The number of hydrogen-bond donors (Lipinski definition) is 2. The molecule has 3 rings (SSSR count). The molecular formula is C22H26FN3O4. The Hall–Kier alpha value is -2.97. The zero-order valence-corrected chi connectivity index (χ0v) is 17.1. The van der Waals surface area contributed by atoms with Gasteiger partial charge in [-0.05, 0) is 42.3 Å². The van der Waals surface area contributed by atoms with Gasteiger partial charge in [-0.15, -0.1) is 0 Å². The fourth-order valence-electron chi connectivity index (χ4n) is 3.40. The van der Waals surface area contributed by atoms with E-state index >= 15 is 0 Å². The summed E-state index contributed by atoms with van der Waals surface area (Å²) in [6, 6.07) is 11.3. The monoisotopic (exact) mass is 415 g/mol. The predicted octanol–water partition coefficient (Wildman–Crippen LogP) is 2.27. The van der Waals surface area contributed by atoms with Crippen molar-refractivity contribution < 1.29 is 23.5 Å². The van der Waals surface area contributed by atoms with Gasteiger partial charge in [-0.2, -0.15) is 0 Å². The number of nitrogens with one attached hydrogen (secondary N) is 2. The van der Waals surface area contributed by atoms with Crippen molar-refractivity contribution in [3.05, 3.63) is 59.4 Å². The number of ether oxygens (including phenoxy) is 2. The smallest absolute Gasteiger partial charge is 0.313 e. The minimum Gasteiger partial charge on any atom is -0.495 e. The van der Waals surface area contributed by atoms with Crippen LogP contribution in [0.1, 0.15) is 17.2 Å². The SMILES string of the molecule is COc1ccc(C)cc1NC(=O)C(=O)NC[C@H](c1ccc(F)cc1)N1CCOCC1. The number of halogens is 1. The number of methoxy groups -OCH3 is 1. The Labute approximate surface area is 175 Å². The molecule has 1 fully saturated rings. The number of amides is 2. The minimum atomic E-state index is -0.779. The Bertz CT molecular complexity index is 882. The summed E-state index contributed by atoms with van der Waals surface area (Å²) >= 11 is 0. The van der Waals surface area contributed by atoms with E-state index in [-0.39, 0.29) is 18.4 Å². The fourth-order valence-corrected chi connectivity index (χ4v) is 3.40. The molecule has 1 aliphatic heterocycles. The average Bonchev–Trinajstić information content (AvgIpc) is 2.76. The Morgan fingerprint density at radius 2 is 1.83 bits per heavy atom. The summed E-state index contributed by atoms with van der Waals surface area (Å²) < 4.78 is 24.0. The summed E-state index contributed by atoms with van der Waals surface area (Å²) in [5, 5.41) is 5.29. The lowest BCUT2D eigenvalue weighted by Gasteiger charge is -2.34. The van der Waals surface area contributed by atoms with Crippen LogP contribution in [0.15, 0.2) is 42.5 Å². The lowest BCUT2D eigenvalue weighted by Crippen LogP contribution is -2.45. The van der Waals surface area contributed by atoms with E-state index in [4.69, 9.17) is 9.47 Å². The molecule has 1 aliphatic rings. The first-order valence-electron chi connectivity index (χ1n) is 9.79. The molecule has 2 aromatic carbocycles. The Balaban J connectivity index is 1.67. The molecule has 2 aromatic rings. The van der Waals surface area contributed by atoms with Gasteiger partial charge >= 0.3 is 11.8 Å². The number of morpholine rings is 1. The van der Waals surface area contributed by atoms with E-state index in [1.54, 1.807) is 24.3 Å². The predicted molar refractivity (Wildman–Crippen MR) is 111 cm³/mol. The second-order valence-electron chi connectivity index (χ2n) is 7.08. The lowest BCUT2D eigenvalue weighted by molar-refractivity contribution is -0.136. The highest BCUT2D eigenvalue weighted by Gasteiger charge is 2.25. The molecular weight excluding hydrogens is 389 g/mol. The zero-order valence-electron chi connectivity index (χ0n) is 17.1. The summed E-state index contributed by atoms with van der Waals surface area (Å²) in [7, 11) is 1.50. The number of hydrogen-bond acceptors (Lipinski definition) is 5. The van der Waals surface area contributed by atoms with Crippen molar-refractivity contribution in [2.24, 2.45) is 0 Å². The highest BCUT2D eigenvalue weighted by atomic mass is 19.1. The number of anilines is 1. The van der Waals surface area contributed by atoms with Gasteiger partial charge in [0.05, 0.1) is 32.1 Å². The van der Waals surface area contributed by atoms with Crippen molar-refractivity contribution in [3.63, 3.8) is 0 Å². The standard InChI is InChI=1S/C22H26FN3O4/c1-15-3-8-20(29-2)18(13-15)25-22(28)21(27)24-14-19(26-9-11-30-12-10-26)16-4-6-17(23)7-5-16/h3-8,13,19H,9-12,14H2,1-2H3,(H,24,27)(H,25,28)/t19-/m1/s1. The van der Waals surface area contributed by atoms with Crippen molar-refractivity contribution in [2.45, 2.75) is 13.0 Å². The maximum absolute atomic E-state index is 13.3. The van der Waals surface area contributed by atoms with E-state index < -0.39 is 11.8 Å². The molecule has 160 valence electrons. The molecule has 0 unspecified atom stereocenters. The van der Waals surface area contributed by atoms with Gasteiger partial charge in [0.15, 0.2) is 0 Å². The van der Waals surface area contributed by atoms with Crippen LogP contribution in [-0.2, 0) is 14.3 Å². The van der Waals surface area contributed by atoms with Crippen molar-refractivity contribution in [1.82, 2.24) is 10.2 Å². The molecule has 0 radical (unpaired) electrons. The maximum Gasteiger partial charge on any atom is 0.313 e.